The molecule has 28 heavy (non-hydrogen) atoms. The summed E-state index contributed by atoms with van der Waals surface area (Å²) in [6.07, 6.45) is 5.25. The summed E-state index contributed by atoms with van der Waals surface area (Å²) in [6, 6.07) is 13.3. The van der Waals surface area contributed by atoms with Crippen LogP contribution in [0.1, 0.15) is 28.4 Å². The summed E-state index contributed by atoms with van der Waals surface area (Å²) in [5.41, 5.74) is 4.24. The van der Waals surface area contributed by atoms with E-state index in [0.29, 0.717) is 5.52 Å². The Morgan fingerprint density at radius 3 is 2.54 bits per heavy atom. The zero-order valence-corrected chi connectivity index (χ0v) is 17.1. The van der Waals surface area contributed by atoms with E-state index >= 15 is 0 Å². The number of halogens is 1. The SMILES string of the molecule is Cc1ccc2ccc(C(Nc3cc(C)c(Br)cn3)c3ccncc3)c(O)c2n1. The molecule has 5 nitrogen and oxygen atoms in total. The lowest BCUT2D eigenvalue weighted by atomic mass is 9.97. The average Bonchev–Trinajstić information content (AvgIpc) is 2.71. The van der Waals surface area contributed by atoms with Crippen LogP contribution in [0.3, 0.4) is 0 Å². The molecule has 1 unspecified atom stereocenters. The molecule has 0 amide bonds. The number of phenols is 1. The zero-order valence-electron chi connectivity index (χ0n) is 15.5. The highest BCUT2D eigenvalue weighted by Gasteiger charge is 2.20. The van der Waals surface area contributed by atoms with Crippen LogP contribution >= 0.6 is 15.9 Å². The van der Waals surface area contributed by atoms with Crippen molar-refractivity contribution in [3.05, 3.63) is 87.9 Å². The van der Waals surface area contributed by atoms with Crippen molar-refractivity contribution in [1.82, 2.24) is 15.0 Å². The molecule has 0 fully saturated rings. The Morgan fingerprint density at radius 1 is 1.04 bits per heavy atom. The van der Waals surface area contributed by atoms with Crippen LogP contribution in [-0.4, -0.2) is 20.1 Å². The number of fused-ring (bicyclic) bond motifs is 1. The van der Waals surface area contributed by atoms with Gasteiger partial charge in [0.15, 0.2) is 0 Å². The number of rotatable bonds is 4. The van der Waals surface area contributed by atoms with Gasteiger partial charge >= 0.3 is 0 Å². The van der Waals surface area contributed by atoms with E-state index in [2.05, 4.69) is 36.2 Å². The number of benzene rings is 1. The van der Waals surface area contributed by atoms with Gasteiger partial charge in [0, 0.05) is 39.7 Å². The van der Waals surface area contributed by atoms with Crippen LogP contribution in [0.15, 0.2) is 65.5 Å². The van der Waals surface area contributed by atoms with E-state index < -0.39 is 0 Å². The smallest absolute Gasteiger partial charge is 0.147 e. The third kappa shape index (κ3) is 3.55. The van der Waals surface area contributed by atoms with Crippen LogP contribution in [0.2, 0.25) is 0 Å². The van der Waals surface area contributed by atoms with E-state index in [1.807, 2.05) is 56.3 Å². The van der Waals surface area contributed by atoms with Crippen LogP contribution in [0, 0.1) is 13.8 Å². The molecule has 4 rings (SSSR count). The summed E-state index contributed by atoms with van der Waals surface area (Å²) in [4.78, 5) is 13.1. The maximum atomic E-state index is 11.0. The standard InChI is InChI=1S/C22H19BrN4O/c1-13-11-19(25-12-18(13)23)27-20(16-7-9-24-10-8-16)17-6-5-15-4-3-14(2)26-21(15)22(17)28/h3-12,20,28H,1-2H3,(H,25,27). The van der Waals surface area contributed by atoms with Crippen LogP contribution in [-0.2, 0) is 0 Å². The molecule has 1 aromatic carbocycles. The van der Waals surface area contributed by atoms with Gasteiger partial charge in [-0.05, 0) is 65.2 Å². The Kier molecular flexibility index (Phi) is 4.96. The molecule has 0 aliphatic rings. The van der Waals surface area contributed by atoms with Gasteiger partial charge < -0.3 is 10.4 Å². The van der Waals surface area contributed by atoms with Crippen molar-refractivity contribution >= 4 is 32.7 Å². The number of aryl methyl sites for hydroxylation is 2. The second kappa shape index (κ2) is 7.56. The van der Waals surface area contributed by atoms with Crippen molar-refractivity contribution < 1.29 is 5.11 Å². The lowest BCUT2D eigenvalue weighted by molar-refractivity contribution is 0.471. The van der Waals surface area contributed by atoms with Crippen LogP contribution in [0.5, 0.6) is 5.75 Å². The molecule has 6 heteroatoms. The van der Waals surface area contributed by atoms with E-state index in [4.69, 9.17) is 0 Å². The van der Waals surface area contributed by atoms with E-state index in [9.17, 15) is 5.11 Å². The highest BCUT2D eigenvalue weighted by molar-refractivity contribution is 9.10. The predicted octanol–water partition coefficient (Wildman–Crippen LogP) is 5.31. The lowest BCUT2D eigenvalue weighted by Gasteiger charge is -2.22. The predicted molar refractivity (Wildman–Crippen MR) is 115 cm³/mol. The molecule has 4 aromatic rings. The molecule has 0 radical (unpaired) electrons. The van der Waals surface area contributed by atoms with Gasteiger partial charge in [-0.1, -0.05) is 18.2 Å². The monoisotopic (exact) mass is 434 g/mol. The molecule has 0 saturated carbocycles. The van der Waals surface area contributed by atoms with Crippen molar-refractivity contribution in [2.75, 3.05) is 5.32 Å². The molecular formula is C22H19BrN4O. The summed E-state index contributed by atoms with van der Waals surface area (Å²) >= 11 is 3.48. The molecule has 0 spiro atoms. The molecule has 0 aliphatic heterocycles. The number of aromatic hydroxyl groups is 1. The number of hydrogen-bond acceptors (Lipinski definition) is 5. The maximum absolute atomic E-state index is 11.0. The third-order valence-electron chi connectivity index (χ3n) is 4.70. The summed E-state index contributed by atoms with van der Waals surface area (Å²) in [6.45, 7) is 3.93. The largest absolute Gasteiger partial charge is 0.505 e. The fourth-order valence-electron chi connectivity index (χ4n) is 3.18. The first-order chi connectivity index (χ1) is 13.5. The normalized spacial score (nSPS) is 12.1. The topological polar surface area (TPSA) is 70.9 Å². The first-order valence-electron chi connectivity index (χ1n) is 8.91. The van der Waals surface area contributed by atoms with E-state index in [0.717, 1.165) is 38.1 Å². The van der Waals surface area contributed by atoms with E-state index in [1.54, 1.807) is 18.6 Å². The maximum Gasteiger partial charge on any atom is 0.147 e. The van der Waals surface area contributed by atoms with E-state index in [-0.39, 0.29) is 11.8 Å². The number of nitrogens with one attached hydrogen (secondary N) is 1. The Labute approximate surface area is 171 Å². The molecular weight excluding hydrogens is 416 g/mol. The zero-order chi connectivity index (χ0) is 19.7. The van der Waals surface area contributed by atoms with Gasteiger partial charge in [0.05, 0.1) is 6.04 Å². The van der Waals surface area contributed by atoms with Crippen molar-refractivity contribution in [3.63, 3.8) is 0 Å². The van der Waals surface area contributed by atoms with Gasteiger partial charge in [-0.25, -0.2) is 9.97 Å². The van der Waals surface area contributed by atoms with Crippen molar-refractivity contribution in [2.45, 2.75) is 19.9 Å². The summed E-state index contributed by atoms with van der Waals surface area (Å²) in [5.74, 6) is 0.892. The quantitative estimate of drug-likeness (QED) is 0.455. The number of aromatic nitrogens is 3. The summed E-state index contributed by atoms with van der Waals surface area (Å²) < 4.78 is 0.951. The molecule has 1 atom stereocenters. The van der Waals surface area contributed by atoms with Crippen molar-refractivity contribution in [2.24, 2.45) is 0 Å². The second-order valence-corrected chi connectivity index (χ2v) is 7.56. The van der Waals surface area contributed by atoms with Gasteiger partial charge in [-0.3, -0.25) is 4.98 Å². The first-order valence-corrected chi connectivity index (χ1v) is 9.70. The summed E-state index contributed by atoms with van der Waals surface area (Å²) in [7, 11) is 0. The van der Waals surface area contributed by atoms with Crippen molar-refractivity contribution in [3.8, 4) is 5.75 Å². The number of hydrogen-bond donors (Lipinski definition) is 2. The van der Waals surface area contributed by atoms with Gasteiger partial charge in [-0.2, -0.15) is 0 Å². The minimum atomic E-state index is -0.303. The lowest BCUT2D eigenvalue weighted by Crippen LogP contribution is -2.14. The average molecular weight is 435 g/mol. The Bertz CT molecular complexity index is 1150. The van der Waals surface area contributed by atoms with Gasteiger partial charge in [0.2, 0.25) is 0 Å². The fourth-order valence-corrected chi connectivity index (χ4v) is 3.40. The summed E-state index contributed by atoms with van der Waals surface area (Å²) in [5, 5.41) is 15.4. The second-order valence-electron chi connectivity index (χ2n) is 6.70. The highest BCUT2D eigenvalue weighted by atomic mass is 79.9. The number of nitrogens with zero attached hydrogens (tertiary/aromatic N) is 3. The molecule has 0 bridgehead atoms. The Balaban J connectivity index is 1.85. The van der Waals surface area contributed by atoms with Crippen LogP contribution in [0.25, 0.3) is 10.9 Å². The van der Waals surface area contributed by atoms with Crippen molar-refractivity contribution in [1.29, 1.82) is 0 Å². The Hall–Kier alpha value is -2.99. The molecule has 0 saturated heterocycles. The molecule has 2 N–H and O–H groups in total. The molecule has 3 heterocycles. The molecule has 140 valence electrons. The molecule has 0 aliphatic carbocycles. The van der Waals surface area contributed by atoms with Gasteiger partial charge in [-0.15, -0.1) is 0 Å². The van der Waals surface area contributed by atoms with Gasteiger partial charge in [0.25, 0.3) is 0 Å². The minimum Gasteiger partial charge on any atom is -0.505 e. The van der Waals surface area contributed by atoms with Gasteiger partial charge in [0.1, 0.15) is 17.1 Å². The van der Waals surface area contributed by atoms with Crippen LogP contribution in [0.4, 0.5) is 5.82 Å². The number of phenolic OH excluding ortho intramolecular Hbond substituents is 1. The molecule has 3 aromatic heterocycles. The third-order valence-corrected chi connectivity index (χ3v) is 5.53. The number of anilines is 1. The van der Waals surface area contributed by atoms with Crippen LogP contribution < -0.4 is 5.32 Å². The first kappa shape index (κ1) is 18.4. The Morgan fingerprint density at radius 2 is 1.79 bits per heavy atom. The van der Waals surface area contributed by atoms with E-state index in [1.165, 1.54) is 0 Å². The fraction of sp³-hybridized carbons (Fsp3) is 0.136. The number of pyridine rings is 3. The minimum absolute atomic E-state index is 0.171. The highest BCUT2D eigenvalue weighted by Crippen LogP contribution is 2.36.